The highest BCUT2D eigenvalue weighted by atomic mass is 16.5. The molecule has 3 aliphatic rings. The maximum atomic E-state index is 12.6. The minimum atomic E-state index is -0.224. The summed E-state index contributed by atoms with van der Waals surface area (Å²) in [4.78, 5) is 12.6. The van der Waals surface area contributed by atoms with Gasteiger partial charge in [0, 0.05) is 11.8 Å². The number of hydrogen-bond acceptors (Lipinski definition) is 5. The van der Waals surface area contributed by atoms with Crippen LogP contribution in [0.1, 0.15) is 46.9 Å². The van der Waals surface area contributed by atoms with Crippen molar-refractivity contribution in [3.63, 3.8) is 0 Å². The van der Waals surface area contributed by atoms with Gasteiger partial charge < -0.3 is 19.3 Å². The molecule has 1 heterocycles. The number of carbonyl (C=O) groups excluding carboxylic acids is 1. The van der Waals surface area contributed by atoms with Gasteiger partial charge >= 0.3 is 5.97 Å². The first-order valence-electron chi connectivity index (χ1n) is 9.85. The lowest BCUT2D eigenvalue weighted by Crippen LogP contribution is -2.31. The minimum Gasteiger partial charge on any atom is -0.504 e. The summed E-state index contributed by atoms with van der Waals surface area (Å²) >= 11 is 0. The number of carbonyl (C=O) groups is 1. The number of phenolic OH excluding ortho intramolecular Hbond substituents is 1. The zero-order chi connectivity index (χ0) is 19.4. The molecule has 146 valence electrons. The molecule has 0 bridgehead atoms. The Morgan fingerprint density at radius 3 is 2.54 bits per heavy atom. The molecule has 1 saturated carbocycles. The van der Waals surface area contributed by atoms with Gasteiger partial charge in [-0.25, -0.2) is 0 Å². The molecule has 1 saturated heterocycles. The van der Waals surface area contributed by atoms with Gasteiger partial charge in [0.05, 0.1) is 26.7 Å². The molecule has 0 amide bonds. The third-order valence-corrected chi connectivity index (χ3v) is 6.47. The van der Waals surface area contributed by atoms with Crippen molar-refractivity contribution in [2.24, 2.45) is 11.8 Å². The van der Waals surface area contributed by atoms with Gasteiger partial charge in [0.1, 0.15) is 5.75 Å². The van der Waals surface area contributed by atoms with E-state index in [0.29, 0.717) is 18.3 Å². The number of fused-ring (bicyclic) bond motifs is 2. The monoisotopic (exact) mass is 380 g/mol. The number of hydrogen-bond donors (Lipinski definition) is 1. The number of esters is 1. The molecule has 1 N–H and O–H groups in total. The predicted molar refractivity (Wildman–Crippen MR) is 103 cm³/mol. The van der Waals surface area contributed by atoms with Crippen LogP contribution < -0.4 is 9.47 Å². The van der Waals surface area contributed by atoms with Crippen LogP contribution in [0.25, 0.3) is 0 Å². The molecule has 0 aromatic heterocycles. The van der Waals surface area contributed by atoms with Crippen LogP contribution in [0.3, 0.4) is 0 Å². The molecule has 1 aliphatic heterocycles. The Morgan fingerprint density at radius 2 is 1.82 bits per heavy atom. The van der Waals surface area contributed by atoms with Crippen LogP contribution in [0, 0.1) is 11.8 Å². The number of cyclic esters (lactones) is 1. The van der Waals surface area contributed by atoms with Gasteiger partial charge in [-0.1, -0.05) is 12.1 Å². The normalized spacial score (nSPS) is 25.6. The first kappa shape index (κ1) is 17.4. The zero-order valence-corrected chi connectivity index (χ0v) is 16.1. The second kappa shape index (κ2) is 6.43. The largest absolute Gasteiger partial charge is 0.504 e. The summed E-state index contributed by atoms with van der Waals surface area (Å²) in [6, 6.07) is 9.75. The quantitative estimate of drug-likeness (QED) is 0.818. The van der Waals surface area contributed by atoms with Gasteiger partial charge in [-0.2, -0.15) is 0 Å². The fourth-order valence-corrected chi connectivity index (χ4v) is 4.94. The molecule has 3 unspecified atom stereocenters. The third kappa shape index (κ3) is 2.64. The van der Waals surface area contributed by atoms with E-state index in [1.807, 2.05) is 12.1 Å². The lowest BCUT2D eigenvalue weighted by atomic mass is 9.67. The van der Waals surface area contributed by atoms with Crippen molar-refractivity contribution < 1.29 is 24.1 Å². The van der Waals surface area contributed by atoms with Crippen LogP contribution in [0.4, 0.5) is 0 Å². The van der Waals surface area contributed by atoms with Crippen LogP contribution >= 0.6 is 0 Å². The minimum absolute atomic E-state index is 0.0921. The summed E-state index contributed by atoms with van der Waals surface area (Å²) in [7, 11) is 3.24. The number of rotatable bonds is 4. The Morgan fingerprint density at radius 1 is 1.04 bits per heavy atom. The van der Waals surface area contributed by atoms with E-state index in [1.54, 1.807) is 13.2 Å². The van der Waals surface area contributed by atoms with E-state index in [4.69, 9.17) is 14.2 Å². The van der Waals surface area contributed by atoms with E-state index in [1.165, 1.54) is 31.1 Å². The molecule has 5 rings (SSSR count). The van der Waals surface area contributed by atoms with Gasteiger partial charge in [0.2, 0.25) is 0 Å². The molecule has 0 radical (unpaired) electrons. The van der Waals surface area contributed by atoms with Crippen molar-refractivity contribution in [1.29, 1.82) is 0 Å². The topological polar surface area (TPSA) is 65.0 Å². The Hall–Kier alpha value is -2.69. The molecular formula is C23H24O5. The van der Waals surface area contributed by atoms with Gasteiger partial charge in [-0.3, -0.25) is 4.79 Å². The molecule has 0 spiro atoms. The first-order valence-corrected chi connectivity index (χ1v) is 9.85. The van der Waals surface area contributed by atoms with Gasteiger partial charge in [-0.05, 0) is 65.6 Å². The van der Waals surface area contributed by atoms with E-state index in [2.05, 4.69) is 12.1 Å². The number of ether oxygens (including phenoxy) is 3. The maximum Gasteiger partial charge on any atom is 0.310 e. The van der Waals surface area contributed by atoms with Crippen LogP contribution in [-0.4, -0.2) is 31.9 Å². The van der Waals surface area contributed by atoms with E-state index >= 15 is 0 Å². The Bertz CT molecular complexity index is 946. The highest BCUT2D eigenvalue weighted by Crippen LogP contribution is 2.52. The van der Waals surface area contributed by atoms with E-state index in [0.717, 1.165) is 23.3 Å². The fraction of sp³-hybridized carbons (Fsp3) is 0.435. The van der Waals surface area contributed by atoms with E-state index in [9.17, 15) is 9.90 Å². The highest BCUT2D eigenvalue weighted by molar-refractivity contribution is 5.78. The van der Waals surface area contributed by atoms with Crippen molar-refractivity contribution in [3.05, 3.63) is 52.6 Å². The summed E-state index contributed by atoms with van der Waals surface area (Å²) in [6.07, 6.45) is 3.27. The van der Waals surface area contributed by atoms with Crippen LogP contribution in [0.5, 0.6) is 17.2 Å². The average molecular weight is 380 g/mol. The number of phenols is 1. The maximum absolute atomic E-state index is 12.6. The highest BCUT2D eigenvalue weighted by Gasteiger charge is 2.48. The second-order valence-corrected chi connectivity index (χ2v) is 8.10. The third-order valence-electron chi connectivity index (χ3n) is 6.47. The van der Waals surface area contributed by atoms with E-state index < -0.39 is 0 Å². The Balaban J connectivity index is 1.69. The van der Waals surface area contributed by atoms with Crippen molar-refractivity contribution >= 4 is 5.97 Å². The number of benzene rings is 2. The summed E-state index contributed by atoms with van der Waals surface area (Å²) in [5, 5.41) is 10.0. The summed E-state index contributed by atoms with van der Waals surface area (Å²) < 4.78 is 16.5. The van der Waals surface area contributed by atoms with Crippen molar-refractivity contribution in [2.75, 3.05) is 20.8 Å². The first-order chi connectivity index (χ1) is 13.6. The molecule has 5 heteroatoms. The molecule has 2 aromatic carbocycles. The summed E-state index contributed by atoms with van der Waals surface area (Å²) in [6.45, 7) is 0.472. The predicted octanol–water partition coefficient (Wildman–Crippen LogP) is 3.76. The van der Waals surface area contributed by atoms with Crippen molar-refractivity contribution in [1.82, 2.24) is 0 Å². The molecule has 2 aliphatic carbocycles. The van der Waals surface area contributed by atoms with Crippen LogP contribution in [0.2, 0.25) is 0 Å². The SMILES string of the molecule is COc1cc(C2c3cc(OC)c(C4CC4)cc3CC3COC(=O)C32)ccc1O. The summed E-state index contributed by atoms with van der Waals surface area (Å²) in [5.41, 5.74) is 4.63. The van der Waals surface area contributed by atoms with Gasteiger partial charge in [0.25, 0.3) is 0 Å². The average Bonchev–Trinajstić information content (AvgIpc) is 3.49. The molecular weight excluding hydrogens is 356 g/mol. The standard InChI is InChI=1S/C23H24O5/c1-26-19-10-17-14(8-16(19)12-3-4-12)7-15-11-28-23(25)22(15)21(17)13-5-6-18(24)20(9-13)27-2/h5-6,8-10,12,15,21-22,24H,3-4,7,11H2,1-2H3. The smallest absolute Gasteiger partial charge is 0.310 e. The molecule has 28 heavy (non-hydrogen) atoms. The molecule has 2 aromatic rings. The fourth-order valence-electron chi connectivity index (χ4n) is 4.94. The Labute approximate surface area is 164 Å². The summed E-state index contributed by atoms with van der Waals surface area (Å²) in [5.74, 6) is 1.67. The van der Waals surface area contributed by atoms with E-state index in [-0.39, 0.29) is 29.5 Å². The lowest BCUT2D eigenvalue weighted by molar-refractivity contribution is -0.141. The zero-order valence-electron chi connectivity index (χ0n) is 16.1. The van der Waals surface area contributed by atoms with Crippen LogP contribution in [-0.2, 0) is 16.0 Å². The van der Waals surface area contributed by atoms with Crippen LogP contribution in [0.15, 0.2) is 30.3 Å². The lowest BCUT2D eigenvalue weighted by Gasteiger charge is -2.34. The molecule has 3 atom stereocenters. The Kier molecular flexibility index (Phi) is 4.00. The number of methoxy groups -OCH3 is 2. The molecule has 5 nitrogen and oxygen atoms in total. The van der Waals surface area contributed by atoms with Crippen molar-refractivity contribution in [3.8, 4) is 17.2 Å². The second-order valence-electron chi connectivity index (χ2n) is 8.10. The van der Waals surface area contributed by atoms with Gasteiger partial charge in [0.15, 0.2) is 11.5 Å². The number of aromatic hydroxyl groups is 1. The van der Waals surface area contributed by atoms with Crippen molar-refractivity contribution in [2.45, 2.75) is 31.1 Å². The van der Waals surface area contributed by atoms with Gasteiger partial charge in [-0.15, -0.1) is 0 Å². The molecule has 2 fully saturated rings.